The molecule has 3 atom stereocenters. The molecule has 1 N–H and O–H groups in total. The molecule has 1 aliphatic rings. The van der Waals surface area contributed by atoms with Gasteiger partial charge in [-0.25, -0.2) is 0 Å². The van der Waals surface area contributed by atoms with Crippen LogP contribution in [0.15, 0.2) is 0 Å². The average molecular weight is 255 g/mol. The van der Waals surface area contributed by atoms with Gasteiger partial charge in [0, 0.05) is 39.9 Å². The quantitative estimate of drug-likeness (QED) is 0.722. The Morgan fingerprint density at radius 1 is 1.28 bits per heavy atom. The largest absolute Gasteiger partial charge is 0.377 e. The van der Waals surface area contributed by atoms with Crippen molar-refractivity contribution in [3.05, 3.63) is 0 Å². The van der Waals surface area contributed by atoms with Crippen molar-refractivity contribution in [2.75, 3.05) is 33.9 Å². The first-order valence-corrected chi connectivity index (χ1v) is 6.54. The first-order valence-electron chi connectivity index (χ1n) is 6.54. The molecule has 5 heteroatoms. The second-order valence-electron chi connectivity index (χ2n) is 5.10. The maximum atomic E-state index is 9.06. The van der Waals surface area contributed by atoms with Gasteiger partial charge in [0.2, 0.25) is 0 Å². The minimum atomic E-state index is -0.0763. The standard InChI is InChI=1S/C13H25N3O2/c1-10(2)15-11(7-14)5-6-16-8-12(17-3)13(9-16)18-4/h10-13,15H,5-6,8-9H2,1-4H3. The highest BCUT2D eigenvalue weighted by molar-refractivity contribution is 4.93. The molecule has 0 spiro atoms. The summed E-state index contributed by atoms with van der Waals surface area (Å²) in [5.74, 6) is 0. The molecule has 0 aliphatic carbocycles. The fourth-order valence-electron chi connectivity index (χ4n) is 2.35. The molecule has 1 aliphatic heterocycles. The second kappa shape index (κ2) is 7.70. The van der Waals surface area contributed by atoms with E-state index in [1.807, 2.05) is 0 Å². The lowest BCUT2D eigenvalue weighted by Crippen LogP contribution is -2.37. The number of ether oxygens (including phenoxy) is 2. The van der Waals surface area contributed by atoms with Gasteiger partial charge in [-0.2, -0.15) is 5.26 Å². The third-order valence-corrected chi connectivity index (χ3v) is 3.32. The van der Waals surface area contributed by atoms with Gasteiger partial charge >= 0.3 is 0 Å². The smallest absolute Gasteiger partial charge is 0.0971 e. The number of nitrogens with zero attached hydrogens (tertiary/aromatic N) is 2. The van der Waals surface area contributed by atoms with Gasteiger partial charge in [0.15, 0.2) is 0 Å². The lowest BCUT2D eigenvalue weighted by Gasteiger charge is -2.19. The number of methoxy groups -OCH3 is 2. The zero-order valence-corrected chi connectivity index (χ0v) is 11.8. The van der Waals surface area contributed by atoms with Gasteiger partial charge in [-0.05, 0) is 20.3 Å². The summed E-state index contributed by atoms with van der Waals surface area (Å²) < 4.78 is 10.8. The van der Waals surface area contributed by atoms with E-state index in [0.717, 1.165) is 26.1 Å². The van der Waals surface area contributed by atoms with Gasteiger partial charge in [0.25, 0.3) is 0 Å². The van der Waals surface area contributed by atoms with E-state index in [0.29, 0.717) is 6.04 Å². The van der Waals surface area contributed by atoms with E-state index in [1.165, 1.54) is 0 Å². The molecule has 1 fully saturated rings. The van der Waals surface area contributed by atoms with Crippen LogP contribution in [-0.2, 0) is 9.47 Å². The van der Waals surface area contributed by atoms with Crippen molar-refractivity contribution in [2.24, 2.45) is 0 Å². The maximum absolute atomic E-state index is 9.06. The molecule has 1 rings (SSSR count). The molecule has 0 radical (unpaired) electrons. The Morgan fingerprint density at radius 3 is 2.22 bits per heavy atom. The molecule has 0 saturated carbocycles. The predicted molar refractivity (Wildman–Crippen MR) is 70.3 cm³/mol. The highest BCUT2D eigenvalue weighted by Gasteiger charge is 2.32. The zero-order valence-electron chi connectivity index (χ0n) is 11.8. The zero-order chi connectivity index (χ0) is 13.5. The van der Waals surface area contributed by atoms with Gasteiger partial charge in [-0.1, -0.05) is 0 Å². The molecule has 104 valence electrons. The molecule has 0 aromatic rings. The molecule has 1 saturated heterocycles. The van der Waals surface area contributed by atoms with Crippen molar-refractivity contribution in [2.45, 2.75) is 44.6 Å². The molecule has 0 aromatic carbocycles. The predicted octanol–water partition coefficient (Wildman–Crippen LogP) is 0.612. The van der Waals surface area contributed by atoms with Crippen molar-refractivity contribution in [3.8, 4) is 6.07 Å². The topological polar surface area (TPSA) is 57.5 Å². The van der Waals surface area contributed by atoms with Gasteiger partial charge in [-0.15, -0.1) is 0 Å². The van der Waals surface area contributed by atoms with Crippen LogP contribution in [0.5, 0.6) is 0 Å². The molecule has 1 heterocycles. The van der Waals surface area contributed by atoms with Crippen LogP contribution in [0.1, 0.15) is 20.3 Å². The number of hydrogen-bond donors (Lipinski definition) is 1. The van der Waals surface area contributed by atoms with Gasteiger partial charge in [0.05, 0.1) is 24.3 Å². The molecule has 0 amide bonds. The van der Waals surface area contributed by atoms with Gasteiger partial charge in [-0.3, -0.25) is 10.2 Å². The van der Waals surface area contributed by atoms with Crippen LogP contribution < -0.4 is 5.32 Å². The number of nitriles is 1. The van der Waals surface area contributed by atoms with Crippen molar-refractivity contribution >= 4 is 0 Å². The highest BCUT2D eigenvalue weighted by Crippen LogP contribution is 2.16. The van der Waals surface area contributed by atoms with E-state index < -0.39 is 0 Å². The van der Waals surface area contributed by atoms with Gasteiger partial charge < -0.3 is 9.47 Å². The second-order valence-corrected chi connectivity index (χ2v) is 5.10. The summed E-state index contributed by atoms with van der Waals surface area (Å²) >= 11 is 0. The van der Waals surface area contributed by atoms with Crippen molar-refractivity contribution in [1.82, 2.24) is 10.2 Å². The van der Waals surface area contributed by atoms with E-state index in [9.17, 15) is 0 Å². The molecule has 3 unspecified atom stereocenters. The number of likely N-dealkylation sites (tertiary alicyclic amines) is 1. The lowest BCUT2D eigenvalue weighted by atomic mass is 10.2. The third-order valence-electron chi connectivity index (χ3n) is 3.32. The van der Waals surface area contributed by atoms with Crippen LogP contribution in [-0.4, -0.2) is 63.0 Å². The average Bonchev–Trinajstić information content (AvgIpc) is 2.76. The lowest BCUT2D eigenvalue weighted by molar-refractivity contribution is -0.00461. The van der Waals surface area contributed by atoms with Crippen molar-refractivity contribution in [3.63, 3.8) is 0 Å². The minimum Gasteiger partial charge on any atom is -0.377 e. The number of hydrogen-bond acceptors (Lipinski definition) is 5. The van der Waals surface area contributed by atoms with Crippen molar-refractivity contribution < 1.29 is 9.47 Å². The Labute approximate surface area is 110 Å². The van der Waals surface area contributed by atoms with Crippen LogP contribution in [0.3, 0.4) is 0 Å². The Hall–Kier alpha value is -0.670. The molecular weight excluding hydrogens is 230 g/mol. The first-order chi connectivity index (χ1) is 8.60. The summed E-state index contributed by atoms with van der Waals surface area (Å²) in [6.45, 7) is 6.78. The summed E-state index contributed by atoms with van der Waals surface area (Å²) in [7, 11) is 3.44. The Kier molecular flexibility index (Phi) is 6.58. The van der Waals surface area contributed by atoms with E-state index in [1.54, 1.807) is 14.2 Å². The van der Waals surface area contributed by atoms with Crippen LogP contribution in [0.2, 0.25) is 0 Å². The summed E-state index contributed by atoms with van der Waals surface area (Å²) in [5.41, 5.74) is 0. The third kappa shape index (κ3) is 4.54. The summed E-state index contributed by atoms with van der Waals surface area (Å²) in [6, 6.07) is 2.57. The van der Waals surface area contributed by atoms with Crippen LogP contribution in [0.4, 0.5) is 0 Å². The first kappa shape index (κ1) is 15.4. The minimum absolute atomic E-state index is 0.0763. The normalized spacial score (nSPS) is 26.4. The van der Waals surface area contributed by atoms with Gasteiger partial charge in [0.1, 0.15) is 0 Å². The monoisotopic (exact) mass is 255 g/mol. The number of nitrogens with one attached hydrogen (secondary N) is 1. The molecule has 0 aromatic heterocycles. The van der Waals surface area contributed by atoms with Crippen LogP contribution >= 0.6 is 0 Å². The maximum Gasteiger partial charge on any atom is 0.0971 e. The summed E-state index contributed by atoms with van der Waals surface area (Å²) in [5, 5.41) is 12.3. The van der Waals surface area contributed by atoms with E-state index in [-0.39, 0.29) is 18.2 Å². The fourth-order valence-corrected chi connectivity index (χ4v) is 2.35. The molecule has 18 heavy (non-hydrogen) atoms. The Morgan fingerprint density at radius 2 is 1.83 bits per heavy atom. The van der Waals surface area contributed by atoms with Crippen LogP contribution in [0.25, 0.3) is 0 Å². The number of rotatable bonds is 7. The Bertz CT molecular complexity index is 266. The molecule has 5 nitrogen and oxygen atoms in total. The van der Waals surface area contributed by atoms with Crippen LogP contribution in [0, 0.1) is 11.3 Å². The Balaban J connectivity index is 2.34. The highest BCUT2D eigenvalue weighted by atomic mass is 16.5. The fraction of sp³-hybridized carbons (Fsp3) is 0.923. The van der Waals surface area contributed by atoms with Crippen molar-refractivity contribution in [1.29, 1.82) is 5.26 Å². The van der Waals surface area contributed by atoms with E-state index >= 15 is 0 Å². The molecular formula is C13H25N3O2. The molecule has 0 bridgehead atoms. The van der Waals surface area contributed by atoms with E-state index in [4.69, 9.17) is 14.7 Å². The summed E-state index contributed by atoms with van der Waals surface area (Å²) in [4.78, 5) is 2.30. The summed E-state index contributed by atoms with van der Waals surface area (Å²) in [6.07, 6.45) is 1.13. The SMILES string of the molecule is COC1CN(CCC(C#N)NC(C)C)CC1OC. The van der Waals surface area contributed by atoms with E-state index in [2.05, 4.69) is 30.1 Å².